The average Bonchev–Trinajstić information content (AvgIpc) is 3.25. The van der Waals surface area contributed by atoms with Crippen LogP contribution in [-0.2, 0) is 0 Å². The molecule has 1 unspecified atom stereocenters. The van der Waals surface area contributed by atoms with E-state index in [-0.39, 0.29) is 0 Å². The molecule has 0 aromatic heterocycles. The highest BCUT2D eigenvalue weighted by Crippen LogP contribution is 2.36. The van der Waals surface area contributed by atoms with Gasteiger partial charge in [-0.3, -0.25) is 4.90 Å². The third kappa shape index (κ3) is 5.37. The SMILES string of the molecule is CN(C1CCCCCCCCCCC1)C(CN)C1CC1. The van der Waals surface area contributed by atoms with E-state index in [1.807, 2.05) is 0 Å². The molecule has 1 atom stereocenters. The van der Waals surface area contributed by atoms with E-state index in [1.54, 1.807) is 0 Å². The molecule has 0 aliphatic heterocycles. The fourth-order valence-electron chi connectivity index (χ4n) is 3.99. The van der Waals surface area contributed by atoms with Gasteiger partial charge in [-0.15, -0.1) is 0 Å². The highest BCUT2D eigenvalue weighted by Gasteiger charge is 2.35. The standard InChI is InChI=1S/C18H36N2/c1-20(18(15-19)16-13-14-16)17-11-9-7-5-3-2-4-6-8-10-12-17/h16-18H,2-15,19H2,1H3. The van der Waals surface area contributed by atoms with Crippen molar-refractivity contribution in [3.05, 3.63) is 0 Å². The Morgan fingerprint density at radius 1 is 0.800 bits per heavy atom. The van der Waals surface area contributed by atoms with E-state index in [4.69, 9.17) is 5.73 Å². The van der Waals surface area contributed by atoms with Crippen LogP contribution in [0.3, 0.4) is 0 Å². The second kappa shape index (κ2) is 9.04. The van der Waals surface area contributed by atoms with Gasteiger partial charge in [0.1, 0.15) is 0 Å². The van der Waals surface area contributed by atoms with Gasteiger partial charge in [-0.05, 0) is 38.6 Å². The van der Waals surface area contributed by atoms with Crippen LogP contribution < -0.4 is 5.73 Å². The minimum Gasteiger partial charge on any atom is -0.329 e. The predicted molar refractivity (Wildman–Crippen MR) is 87.9 cm³/mol. The van der Waals surface area contributed by atoms with E-state index in [2.05, 4.69) is 11.9 Å². The molecule has 0 aromatic carbocycles. The van der Waals surface area contributed by atoms with Crippen molar-refractivity contribution in [1.29, 1.82) is 0 Å². The van der Waals surface area contributed by atoms with Crippen LogP contribution in [0.5, 0.6) is 0 Å². The Hall–Kier alpha value is -0.0800. The largest absolute Gasteiger partial charge is 0.329 e. The van der Waals surface area contributed by atoms with Crippen LogP contribution in [0, 0.1) is 5.92 Å². The molecule has 2 aliphatic rings. The smallest absolute Gasteiger partial charge is 0.0246 e. The van der Waals surface area contributed by atoms with Crippen LogP contribution in [0.4, 0.5) is 0 Å². The van der Waals surface area contributed by atoms with Crippen LogP contribution in [0.2, 0.25) is 0 Å². The van der Waals surface area contributed by atoms with Gasteiger partial charge < -0.3 is 5.73 Å². The number of rotatable bonds is 4. The van der Waals surface area contributed by atoms with Crippen molar-refractivity contribution in [3.63, 3.8) is 0 Å². The monoisotopic (exact) mass is 280 g/mol. The molecule has 0 radical (unpaired) electrons. The zero-order chi connectivity index (χ0) is 14.2. The summed E-state index contributed by atoms with van der Waals surface area (Å²) < 4.78 is 0. The minimum absolute atomic E-state index is 0.660. The Bertz CT molecular complexity index is 238. The zero-order valence-electron chi connectivity index (χ0n) is 13.7. The molecule has 2 rings (SSSR count). The summed E-state index contributed by atoms with van der Waals surface area (Å²) in [4.78, 5) is 2.67. The molecule has 0 spiro atoms. The summed E-state index contributed by atoms with van der Waals surface area (Å²) in [5.41, 5.74) is 6.05. The van der Waals surface area contributed by atoms with E-state index in [0.29, 0.717) is 6.04 Å². The number of nitrogens with zero attached hydrogens (tertiary/aromatic N) is 1. The van der Waals surface area contributed by atoms with Crippen molar-refractivity contribution in [2.24, 2.45) is 11.7 Å². The zero-order valence-corrected chi connectivity index (χ0v) is 13.7. The summed E-state index contributed by atoms with van der Waals surface area (Å²) in [6, 6.07) is 1.46. The van der Waals surface area contributed by atoms with Crippen molar-refractivity contribution in [2.75, 3.05) is 13.6 Å². The fraction of sp³-hybridized carbons (Fsp3) is 1.00. The van der Waals surface area contributed by atoms with Crippen LogP contribution in [0.15, 0.2) is 0 Å². The lowest BCUT2D eigenvalue weighted by Gasteiger charge is -2.35. The van der Waals surface area contributed by atoms with E-state index in [1.165, 1.54) is 83.5 Å². The van der Waals surface area contributed by atoms with Crippen LogP contribution >= 0.6 is 0 Å². The average molecular weight is 280 g/mol. The van der Waals surface area contributed by atoms with Crippen molar-refractivity contribution >= 4 is 0 Å². The molecule has 0 aromatic rings. The Labute approximate surface area is 126 Å². The van der Waals surface area contributed by atoms with Crippen molar-refractivity contribution in [1.82, 2.24) is 4.90 Å². The number of nitrogens with two attached hydrogens (primary N) is 1. The lowest BCUT2D eigenvalue weighted by molar-refractivity contribution is 0.138. The first kappa shape index (κ1) is 16.3. The van der Waals surface area contributed by atoms with Gasteiger partial charge in [0.15, 0.2) is 0 Å². The van der Waals surface area contributed by atoms with Gasteiger partial charge in [0.2, 0.25) is 0 Å². The maximum atomic E-state index is 6.05. The second-order valence-electron chi connectivity index (χ2n) is 7.22. The summed E-state index contributed by atoms with van der Waals surface area (Å²) in [6.45, 7) is 0.859. The summed E-state index contributed by atoms with van der Waals surface area (Å²) in [5, 5.41) is 0. The van der Waals surface area contributed by atoms with E-state index in [9.17, 15) is 0 Å². The van der Waals surface area contributed by atoms with Crippen molar-refractivity contribution in [3.8, 4) is 0 Å². The third-order valence-electron chi connectivity index (χ3n) is 5.58. The van der Waals surface area contributed by atoms with Crippen molar-refractivity contribution < 1.29 is 0 Å². The molecule has 0 heterocycles. The molecule has 0 saturated heterocycles. The summed E-state index contributed by atoms with van der Waals surface area (Å²) in [5.74, 6) is 0.909. The molecule has 2 heteroatoms. The van der Waals surface area contributed by atoms with Crippen LogP contribution in [-0.4, -0.2) is 30.6 Å². The molecular weight excluding hydrogens is 244 g/mol. The maximum absolute atomic E-state index is 6.05. The first-order valence-electron chi connectivity index (χ1n) is 9.25. The highest BCUT2D eigenvalue weighted by atomic mass is 15.2. The molecule has 20 heavy (non-hydrogen) atoms. The van der Waals surface area contributed by atoms with Gasteiger partial charge >= 0.3 is 0 Å². The van der Waals surface area contributed by atoms with E-state index in [0.717, 1.165) is 18.5 Å². The molecule has 0 bridgehead atoms. The molecule has 2 N–H and O–H groups in total. The molecule has 118 valence electrons. The normalized spacial score (nSPS) is 25.9. The number of hydrogen-bond donors (Lipinski definition) is 1. The van der Waals surface area contributed by atoms with Gasteiger partial charge in [0.25, 0.3) is 0 Å². The Balaban J connectivity index is 1.83. The highest BCUT2D eigenvalue weighted by molar-refractivity contribution is 4.90. The summed E-state index contributed by atoms with van der Waals surface area (Å²) in [7, 11) is 2.35. The summed E-state index contributed by atoms with van der Waals surface area (Å²) in [6.07, 6.45) is 18.7. The van der Waals surface area contributed by atoms with Crippen LogP contribution in [0.25, 0.3) is 0 Å². The minimum atomic E-state index is 0.660. The van der Waals surface area contributed by atoms with Gasteiger partial charge in [0.05, 0.1) is 0 Å². The van der Waals surface area contributed by atoms with Gasteiger partial charge in [-0.1, -0.05) is 57.8 Å². The Morgan fingerprint density at radius 3 is 1.65 bits per heavy atom. The first-order valence-corrected chi connectivity index (χ1v) is 9.25. The number of likely N-dealkylation sites (N-methyl/N-ethyl adjacent to an activating group) is 1. The molecule has 2 saturated carbocycles. The maximum Gasteiger partial charge on any atom is 0.0246 e. The van der Waals surface area contributed by atoms with Crippen LogP contribution in [0.1, 0.15) is 83.5 Å². The lowest BCUT2D eigenvalue weighted by atomic mass is 9.95. The topological polar surface area (TPSA) is 29.3 Å². The Kier molecular flexibility index (Phi) is 7.37. The Morgan fingerprint density at radius 2 is 1.25 bits per heavy atom. The lowest BCUT2D eigenvalue weighted by Crippen LogP contribution is -2.45. The third-order valence-corrected chi connectivity index (χ3v) is 5.58. The second-order valence-corrected chi connectivity index (χ2v) is 7.22. The fourth-order valence-corrected chi connectivity index (χ4v) is 3.99. The predicted octanol–water partition coefficient (Wildman–Crippen LogP) is 4.33. The summed E-state index contributed by atoms with van der Waals surface area (Å²) >= 11 is 0. The first-order chi connectivity index (χ1) is 9.83. The molecular formula is C18H36N2. The van der Waals surface area contributed by atoms with E-state index >= 15 is 0 Å². The van der Waals surface area contributed by atoms with Gasteiger partial charge in [0, 0.05) is 18.6 Å². The molecule has 2 aliphatic carbocycles. The number of hydrogen-bond acceptors (Lipinski definition) is 2. The molecule has 2 fully saturated rings. The van der Waals surface area contributed by atoms with E-state index < -0.39 is 0 Å². The quantitative estimate of drug-likeness (QED) is 0.830. The van der Waals surface area contributed by atoms with Crippen molar-refractivity contribution in [2.45, 2.75) is 95.6 Å². The van der Waals surface area contributed by atoms with Gasteiger partial charge in [-0.2, -0.15) is 0 Å². The molecule has 0 amide bonds. The van der Waals surface area contributed by atoms with Gasteiger partial charge in [-0.25, -0.2) is 0 Å². The molecule has 2 nitrogen and oxygen atoms in total.